The van der Waals surface area contributed by atoms with Crippen LogP contribution in [0.2, 0.25) is 0 Å². The molecule has 0 aromatic rings. The van der Waals surface area contributed by atoms with Gasteiger partial charge in [-0.3, -0.25) is 5.41 Å². The van der Waals surface area contributed by atoms with Crippen molar-refractivity contribution < 1.29 is 27.7 Å². The summed E-state index contributed by atoms with van der Waals surface area (Å²) in [4.78, 5) is 0. The molecule has 0 aliphatic carbocycles. The summed E-state index contributed by atoms with van der Waals surface area (Å²) in [6, 6.07) is 0. The van der Waals surface area contributed by atoms with Gasteiger partial charge in [-0.25, -0.2) is 0 Å². The van der Waals surface area contributed by atoms with Crippen LogP contribution in [-0.2, 0) is 27.7 Å². The van der Waals surface area contributed by atoms with E-state index < -0.39 is 0 Å². The van der Waals surface area contributed by atoms with Gasteiger partial charge in [-0.2, -0.15) is 0 Å². The van der Waals surface area contributed by atoms with Crippen LogP contribution in [0.3, 0.4) is 0 Å². The minimum Gasteiger partial charge on any atom is -0.370 e. The van der Waals surface area contributed by atoms with Gasteiger partial charge < -0.3 is 11.5 Å². The van der Waals surface area contributed by atoms with E-state index in [4.69, 9.17) is 5.41 Å². The largest absolute Gasteiger partial charge is 0.370 e. The van der Waals surface area contributed by atoms with Gasteiger partial charge in [0.1, 0.15) is 0 Å². The van der Waals surface area contributed by atoms with Crippen molar-refractivity contribution in [2.45, 2.75) is 0 Å². The summed E-state index contributed by atoms with van der Waals surface area (Å²) in [7, 11) is 0. The fourth-order valence-corrected chi connectivity index (χ4v) is 0. The Labute approximate surface area is 50.7 Å². The van der Waals surface area contributed by atoms with Gasteiger partial charge in [0.15, 0.2) is 5.96 Å². The second-order valence-corrected chi connectivity index (χ2v) is 0.455. The van der Waals surface area contributed by atoms with E-state index in [1.807, 2.05) is 0 Å². The summed E-state index contributed by atoms with van der Waals surface area (Å²) in [6.07, 6.45) is 0. The monoisotopic (exact) mass is 261 g/mol. The Bertz CT molecular complexity index is 29.9. The molecule has 0 aromatic carbocycles. The third-order valence-electron chi connectivity index (χ3n) is 0. The summed E-state index contributed by atoms with van der Waals surface area (Å²) in [5.74, 6) is -0.333. The molecule has 0 radical (unpaired) electrons. The predicted molar refractivity (Wildman–Crippen MR) is 16.1 cm³/mol. The second kappa shape index (κ2) is 4.21. The van der Waals surface area contributed by atoms with Gasteiger partial charge in [0.2, 0.25) is 0 Å². The first-order valence-electron chi connectivity index (χ1n) is 0.827. The van der Waals surface area contributed by atoms with E-state index in [2.05, 4.69) is 11.5 Å². The fourth-order valence-electron chi connectivity index (χ4n) is 0. The fraction of sp³-hybridized carbons (Fsp3) is 0. The summed E-state index contributed by atoms with van der Waals surface area (Å²) < 4.78 is 0. The Morgan fingerprint density at radius 2 is 1.40 bits per heavy atom. The molecule has 0 aliphatic heterocycles. The molecule has 0 saturated carbocycles. The van der Waals surface area contributed by atoms with Crippen LogP contribution >= 0.6 is 0 Å². The molecule has 0 aromatic heterocycles. The summed E-state index contributed by atoms with van der Waals surface area (Å²) in [5.41, 5.74) is 8.94. The van der Waals surface area contributed by atoms with E-state index in [1.54, 1.807) is 0 Å². The van der Waals surface area contributed by atoms with Crippen LogP contribution in [0.15, 0.2) is 0 Å². The minimum atomic E-state index is -0.333. The van der Waals surface area contributed by atoms with E-state index in [9.17, 15) is 0 Å². The summed E-state index contributed by atoms with van der Waals surface area (Å²) in [6.45, 7) is 0. The summed E-state index contributed by atoms with van der Waals surface area (Å²) in [5, 5.41) is 6.06. The maximum Gasteiger partial charge on any atom is 0.183 e. The molecule has 0 saturated heterocycles. The number of nitrogens with one attached hydrogen (secondary N) is 1. The number of hydrogen-bond acceptors (Lipinski definition) is 1. The Balaban J connectivity index is 0. The van der Waals surface area contributed by atoms with E-state index >= 15 is 0 Å². The average Bonchev–Trinajstić information content (AvgIpc) is 0.811. The topological polar surface area (TPSA) is 75.9 Å². The molecule has 3 nitrogen and oxygen atoms in total. The van der Waals surface area contributed by atoms with Crippen LogP contribution in [0.25, 0.3) is 0 Å². The number of guanidine groups is 1. The van der Waals surface area contributed by atoms with Crippen molar-refractivity contribution in [1.82, 2.24) is 0 Å². The molecule has 0 spiro atoms. The van der Waals surface area contributed by atoms with Crippen LogP contribution in [0, 0.1) is 5.41 Å². The maximum atomic E-state index is 6.06. The number of hydrogen-bond donors (Lipinski definition) is 3. The summed E-state index contributed by atoms with van der Waals surface area (Å²) >= 11 is 0. The van der Waals surface area contributed by atoms with E-state index in [0.717, 1.165) is 0 Å². The smallest absolute Gasteiger partial charge is 0.183 e. The van der Waals surface area contributed by atoms with E-state index in [0.29, 0.717) is 0 Å². The van der Waals surface area contributed by atoms with Crippen LogP contribution < -0.4 is 11.5 Å². The molecule has 26 valence electrons. The quantitative estimate of drug-likeness (QED) is 0.292. The Morgan fingerprint density at radius 1 is 1.40 bits per heavy atom. The Morgan fingerprint density at radius 3 is 1.40 bits per heavy atom. The van der Waals surface area contributed by atoms with Crippen molar-refractivity contribution in [3.63, 3.8) is 0 Å². The molecule has 5 N–H and O–H groups in total. The van der Waals surface area contributed by atoms with Crippen LogP contribution in [0.1, 0.15) is 0 Å². The molecular weight excluding hydrogens is 255 g/mol. The Kier molecular flexibility index (Phi) is 7.54. The zero-order valence-electron chi connectivity index (χ0n) is 2.86. The molecule has 4 heteroatoms. The molecule has 0 amide bonds. The first-order chi connectivity index (χ1) is 1.73. The minimum absolute atomic E-state index is 0. The number of nitrogens with two attached hydrogens (primary N) is 2. The molecule has 0 fully saturated rings. The molecular formula is CH5HgN3. The SMILES string of the molecule is N=C(N)N.[Hg]. The Hall–Kier alpha value is 0.205. The van der Waals surface area contributed by atoms with Gasteiger partial charge in [0, 0.05) is 27.7 Å². The first-order valence-corrected chi connectivity index (χ1v) is 0.827. The van der Waals surface area contributed by atoms with Crippen molar-refractivity contribution in [2.75, 3.05) is 0 Å². The molecule has 0 unspecified atom stereocenters. The van der Waals surface area contributed by atoms with Crippen molar-refractivity contribution in [3.8, 4) is 0 Å². The molecule has 0 heterocycles. The molecule has 0 aliphatic rings. The molecule has 0 rings (SSSR count). The van der Waals surface area contributed by atoms with Gasteiger partial charge in [-0.05, 0) is 0 Å². The van der Waals surface area contributed by atoms with E-state index in [-0.39, 0.29) is 33.6 Å². The van der Waals surface area contributed by atoms with Gasteiger partial charge in [0.25, 0.3) is 0 Å². The van der Waals surface area contributed by atoms with Crippen LogP contribution in [-0.4, -0.2) is 5.96 Å². The molecule has 0 bridgehead atoms. The van der Waals surface area contributed by atoms with Gasteiger partial charge in [-0.15, -0.1) is 0 Å². The first kappa shape index (κ1) is 8.96. The van der Waals surface area contributed by atoms with Crippen LogP contribution in [0.5, 0.6) is 0 Å². The standard InChI is InChI=1S/CH5N3.Hg/c2-1(3)4;/h(H5,2,3,4);. The van der Waals surface area contributed by atoms with Crippen molar-refractivity contribution in [1.29, 1.82) is 5.41 Å². The van der Waals surface area contributed by atoms with Gasteiger partial charge in [0.05, 0.1) is 0 Å². The van der Waals surface area contributed by atoms with Crippen molar-refractivity contribution in [2.24, 2.45) is 11.5 Å². The molecule has 5 heavy (non-hydrogen) atoms. The van der Waals surface area contributed by atoms with Crippen molar-refractivity contribution in [3.05, 3.63) is 0 Å². The zero-order valence-corrected chi connectivity index (χ0v) is 8.36. The van der Waals surface area contributed by atoms with Crippen molar-refractivity contribution >= 4 is 5.96 Å². The zero-order chi connectivity index (χ0) is 3.58. The second-order valence-electron chi connectivity index (χ2n) is 0.455. The third kappa shape index (κ3) is 486. The molecule has 0 atom stereocenters. The third-order valence-corrected chi connectivity index (χ3v) is 0. The van der Waals surface area contributed by atoms with E-state index in [1.165, 1.54) is 0 Å². The van der Waals surface area contributed by atoms with Crippen LogP contribution in [0.4, 0.5) is 0 Å². The average molecular weight is 260 g/mol. The maximum absolute atomic E-state index is 6.06. The van der Waals surface area contributed by atoms with Gasteiger partial charge in [-0.1, -0.05) is 0 Å². The predicted octanol–water partition coefficient (Wildman–Crippen LogP) is -1.16. The van der Waals surface area contributed by atoms with Gasteiger partial charge >= 0.3 is 0 Å². The normalized spacial score (nSPS) is 4.80. The number of rotatable bonds is 0.